The third-order valence-electron chi connectivity index (χ3n) is 6.63. The van der Waals surface area contributed by atoms with E-state index in [9.17, 15) is 9.18 Å². The molecule has 2 N–H and O–H groups in total. The summed E-state index contributed by atoms with van der Waals surface area (Å²) >= 11 is 0. The zero-order chi connectivity index (χ0) is 24.4. The van der Waals surface area contributed by atoms with Crippen LogP contribution in [0.4, 0.5) is 15.8 Å². The lowest BCUT2D eigenvalue weighted by molar-refractivity contribution is 0.0989. The average Bonchev–Trinajstić information content (AvgIpc) is 3.54. The number of hydrogen-bond donors (Lipinski definition) is 2. The van der Waals surface area contributed by atoms with Gasteiger partial charge in [0.1, 0.15) is 23.9 Å². The van der Waals surface area contributed by atoms with E-state index in [0.717, 1.165) is 41.7 Å². The van der Waals surface area contributed by atoms with Crippen LogP contribution in [0.25, 0.3) is 10.9 Å². The Hall–Kier alpha value is -3.84. The number of fused-ring (bicyclic) bond motifs is 1. The van der Waals surface area contributed by atoms with Crippen LogP contribution in [0, 0.1) is 5.82 Å². The first kappa shape index (κ1) is 22.9. The lowest BCUT2D eigenvalue weighted by Gasteiger charge is -2.22. The first-order chi connectivity index (χ1) is 17.0. The molecule has 182 valence electrons. The fourth-order valence-electron chi connectivity index (χ4n) is 4.53. The van der Waals surface area contributed by atoms with Crippen molar-refractivity contribution in [3.63, 3.8) is 0 Å². The number of rotatable bonds is 7. The van der Waals surface area contributed by atoms with Gasteiger partial charge in [0.05, 0.1) is 5.69 Å². The van der Waals surface area contributed by atoms with Crippen LogP contribution in [-0.4, -0.2) is 44.1 Å². The minimum absolute atomic E-state index is 0. The summed E-state index contributed by atoms with van der Waals surface area (Å²) in [6, 6.07) is 22.8. The Labute approximate surface area is 205 Å². The molecule has 1 unspecified atom stereocenters. The van der Waals surface area contributed by atoms with Crippen LogP contribution < -0.4 is 19.9 Å². The molecule has 0 bridgehead atoms. The highest BCUT2D eigenvalue weighted by Gasteiger charge is 2.24. The molecular weight excluding hydrogens is 443 g/mol. The summed E-state index contributed by atoms with van der Waals surface area (Å²) in [7, 11) is 3.58. The number of carbonyl (C=O) groups is 1. The Bertz CT molecular complexity index is 1340. The van der Waals surface area contributed by atoms with Crippen molar-refractivity contribution < 1.29 is 15.3 Å². The van der Waals surface area contributed by atoms with Crippen molar-refractivity contribution in [1.29, 1.82) is 0 Å². The molecule has 1 aliphatic heterocycles. The predicted octanol–water partition coefficient (Wildman–Crippen LogP) is 5.21. The summed E-state index contributed by atoms with van der Waals surface area (Å²) in [5.41, 5.74) is 3.43. The number of anilines is 2. The van der Waals surface area contributed by atoms with Crippen molar-refractivity contribution in [1.82, 2.24) is 10.3 Å². The van der Waals surface area contributed by atoms with Crippen LogP contribution in [-0.2, 0) is 6.61 Å². The largest absolute Gasteiger partial charge is 0.489 e. The van der Waals surface area contributed by atoms with E-state index in [-0.39, 0.29) is 13.2 Å². The smallest absolute Gasteiger partial charge is 0.274 e. The van der Waals surface area contributed by atoms with Gasteiger partial charge in [-0.05, 0) is 61.5 Å². The second kappa shape index (κ2) is 9.80. The van der Waals surface area contributed by atoms with Crippen LogP contribution in [0.2, 0.25) is 0 Å². The van der Waals surface area contributed by atoms with E-state index in [1.165, 1.54) is 11.0 Å². The van der Waals surface area contributed by atoms with Crippen LogP contribution in [0.3, 0.4) is 0 Å². The van der Waals surface area contributed by atoms with E-state index in [1.54, 1.807) is 25.2 Å². The minimum atomic E-state index is -0.323. The third kappa shape index (κ3) is 4.86. The molecule has 1 saturated heterocycles. The van der Waals surface area contributed by atoms with E-state index in [2.05, 4.69) is 10.3 Å². The van der Waals surface area contributed by atoms with Gasteiger partial charge in [-0.1, -0.05) is 30.3 Å². The predicted molar refractivity (Wildman–Crippen MR) is 140 cm³/mol. The number of amides is 1. The topological polar surface area (TPSA) is 60.6 Å². The third-order valence-corrected chi connectivity index (χ3v) is 6.63. The van der Waals surface area contributed by atoms with Gasteiger partial charge in [0.15, 0.2) is 0 Å². The molecule has 1 atom stereocenters. The van der Waals surface area contributed by atoms with E-state index in [4.69, 9.17) is 4.74 Å². The number of aromatic amines is 1. The summed E-state index contributed by atoms with van der Waals surface area (Å²) in [4.78, 5) is 19.8. The number of H-pyrrole nitrogens is 1. The second-order valence-electron chi connectivity index (χ2n) is 8.93. The van der Waals surface area contributed by atoms with Crippen molar-refractivity contribution in [2.24, 2.45) is 0 Å². The fourth-order valence-corrected chi connectivity index (χ4v) is 4.53. The molecule has 1 aliphatic rings. The van der Waals surface area contributed by atoms with Gasteiger partial charge >= 0.3 is 0 Å². The quantitative estimate of drug-likeness (QED) is 0.386. The summed E-state index contributed by atoms with van der Waals surface area (Å²) in [5.74, 6) is 0.167. The molecule has 6 nitrogen and oxygen atoms in total. The number of ether oxygens (including phenoxy) is 1. The zero-order valence-corrected chi connectivity index (χ0v) is 19.9. The van der Waals surface area contributed by atoms with E-state index in [1.807, 2.05) is 60.5 Å². The Balaban J connectivity index is 0.00000304. The van der Waals surface area contributed by atoms with Crippen molar-refractivity contribution in [3.8, 4) is 5.75 Å². The number of benzene rings is 3. The van der Waals surface area contributed by atoms with Crippen molar-refractivity contribution in [2.75, 3.05) is 37.0 Å². The molecule has 1 aromatic heterocycles. The van der Waals surface area contributed by atoms with Crippen LogP contribution in [0.5, 0.6) is 5.75 Å². The molecule has 0 spiro atoms. The van der Waals surface area contributed by atoms with Gasteiger partial charge in [0, 0.05) is 44.2 Å². The van der Waals surface area contributed by atoms with Crippen LogP contribution >= 0.6 is 0 Å². The molecule has 1 fully saturated rings. The lowest BCUT2D eigenvalue weighted by Crippen LogP contribution is -2.30. The average molecular weight is 475 g/mol. The number of nitrogens with zero attached hydrogens (tertiary/aromatic N) is 2. The normalized spacial score (nSPS) is 15.5. The Morgan fingerprint density at radius 2 is 2.00 bits per heavy atom. The van der Waals surface area contributed by atoms with Gasteiger partial charge in [0.2, 0.25) is 0 Å². The van der Waals surface area contributed by atoms with E-state index < -0.39 is 0 Å². The lowest BCUT2D eigenvalue weighted by atomic mass is 10.2. The molecular formula is C28H31FN4O2. The van der Waals surface area contributed by atoms with Gasteiger partial charge in [0.25, 0.3) is 5.91 Å². The summed E-state index contributed by atoms with van der Waals surface area (Å²) < 4.78 is 20.9. The monoisotopic (exact) mass is 474 g/mol. The number of carbonyl (C=O) groups excluding carboxylic acids is 1. The van der Waals surface area contributed by atoms with Gasteiger partial charge in [-0.3, -0.25) is 4.79 Å². The summed E-state index contributed by atoms with van der Waals surface area (Å²) in [5, 5.41) is 4.12. The van der Waals surface area contributed by atoms with Crippen molar-refractivity contribution >= 4 is 28.2 Å². The standard InChI is InChI=1S/C28H29FN4O2.H2/c1-30-21-12-13-33(17-21)27-11-8-22(16-24(27)29)32(2)28(34)26-15-20-14-23(9-10-25(20)31-26)35-18-19-6-4-3-5-7-19;/h3-11,14-16,21,30-31H,12-13,17-18H2,1-2H3;1H. The van der Waals surface area contributed by atoms with Crippen molar-refractivity contribution in [3.05, 3.63) is 89.9 Å². The molecule has 1 amide bonds. The second-order valence-corrected chi connectivity index (χ2v) is 8.93. The molecule has 0 saturated carbocycles. The molecule has 0 aliphatic carbocycles. The minimum Gasteiger partial charge on any atom is -0.489 e. The maximum absolute atomic E-state index is 14.9. The fraction of sp³-hybridized carbons (Fsp3) is 0.250. The highest BCUT2D eigenvalue weighted by molar-refractivity contribution is 6.07. The number of nitrogens with one attached hydrogen (secondary N) is 2. The van der Waals surface area contributed by atoms with Gasteiger partial charge in [-0.2, -0.15) is 0 Å². The number of halogens is 1. The summed E-state index contributed by atoms with van der Waals surface area (Å²) in [6.45, 7) is 2.05. The zero-order valence-electron chi connectivity index (χ0n) is 19.9. The summed E-state index contributed by atoms with van der Waals surface area (Å²) in [6.07, 6.45) is 0.982. The van der Waals surface area contributed by atoms with Crippen LogP contribution in [0.15, 0.2) is 72.8 Å². The van der Waals surface area contributed by atoms with E-state index in [0.29, 0.717) is 29.7 Å². The van der Waals surface area contributed by atoms with E-state index >= 15 is 0 Å². The Morgan fingerprint density at radius 3 is 2.74 bits per heavy atom. The molecule has 3 aromatic carbocycles. The highest BCUT2D eigenvalue weighted by Crippen LogP contribution is 2.29. The van der Waals surface area contributed by atoms with Crippen molar-refractivity contribution in [2.45, 2.75) is 19.1 Å². The number of aromatic nitrogens is 1. The van der Waals surface area contributed by atoms with Gasteiger partial charge in [-0.15, -0.1) is 0 Å². The first-order valence-electron chi connectivity index (χ1n) is 11.8. The molecule has 2 heterocycles. The molecule has 0 radical (unpaired) electrons. The maximum Gasteiger partial charge on any atom is 0.274 e. The number of hydrogen-bond acceptors (Lipinski definition) is 4. The molecule has 35 heavy (non-hydrogen) atoms. The number of likely N-dealkylation sites (N-methyl/N-ethyl adjacent to an activating group) is 1. The van der Waals surface area contributed by atoms with Gasteiger partial charge in [-0.25, -0.2) is 4.39 Å². The van der Waals surface area contributed by atoms with Crippen LogP contribution in [0.1, 0.15) is 23.9 Å². The molecule has 4 aromatic rings. The molecule has 7 heteroatoms. The first-order valence-corrected chi connectivity index (χ1v) is 11.8. The SMILES string of the molecule is CNC1CCN(c2ccc(N(C)C(=O)c3cc4cc(OCc5ccccc5)ccc4[nH]3)cc2F)C1.[HH]. The highest BCUT2D eigenvalue weighted by atomic mass is 19.1. The molecule has 5 rings (SSSR count). The Morgan fingerprint density at radius 1 is 1.17 bits per heavy atom. The maximum atomic E-state index is 14.9. The Kier molecular flexibility index (Phi) is 6.42. The van der Waals surface area contributed by atoms with Gasteiger partial charge < -0.3 is 24.8 Å².